The van der Waals surface area contributed by atoms with Crippen LogP contribution in [0.1, 0.15) is 21.5 Å². The molecule has 0 bridgehead atoms. The lowest BCUT2D eigenvalue weighted by Crippen LogP contribution is -2.40. The molecule has 0 spiro atoms. The highest BCUT2D eigenvalue weighted by molar-refractivity contribution is 6.20. The van der Waals surface area contributed by atoms with E-state index in [1.165, 1.54) is 0 Å². The van der Waals surface area contributed by atoms with Gasteiger partial charge in [-0.2, -0.15) is 0 Å². The minimum Gasteiger partial charge on any atom is -0.322 e. The first-order chi connectivity index (χ1) is 16.6. The Balaban J connectivity index is 1.69. The molecule has 4 rings (SSSR count). The van der Waals surface area contributed by atoms with Crippen molar-refractivity contribution in [2.75, 3.05) is 10.2 Å². The van der Waals surface area contributed by atoms with Gasteiger partial charge in [-0.25, -0.2) is 4.90 Å². The number of nitrogens with one attached hydrogen (secondary N) is 1. The zero-order valence-electron chi connectivity index (χ0n) is 18.6. The molecule has 0 aromatic heterocycles. The second-order valence-electron chi connectivity index (χ2n) is 7.78. The lowest BCUT2D eigenvalue weighted by atomic mass is 10.1. The molecule has 0 heterocycles. The van der Waals surface area contributed by atoms with E-state index in [0.717, 1.165) is 16.0 Å². The maximum Gasteiger partial charge on any atom is 0.257 e. The van der Waals surface area contributed by atoms with E-state index in [-0.39, 0.29) is 24.1 Å². The second kappa shape index (κ2) is 10.9. The summed E-state index contributed by atoms with van der Waals surface area (Å²) in [5.41, 5.74) is 2.71. The van der Waals surface area contributed by atoms with Gasteiger partial charge in [-0.05, 0) is 35.4 Å². The number of imide groups is 1. The molecule has 5 heteroatoms. The normalized spacial score (nSPS) is 10.4. The van der Waals surface area contributed by atoms with Crippen LogP contribution in [0.4, 0.5) is 11.4 Å². The molecule has 3 amide bonds. The molecule has 5 nitrogen and oxygen atoms in total. The van der Waals surface area contributed by atoms with Crippen LogP contribution in [0.5, 0.6) is 0 Å². The highest BCUT2D eigenvalue weighted by atomic mass is 16.2. The van der Waals surface area contributed by atoms with Gasteiger partial charge >= 0.3 is 0 Å². The van der Waals surface area contributed by atoms with E-state index >= 15 is 0 Å². The predicted octanol–water partition coefficient (Wildman–Crippen LogP) is 5.28. The van der Waals surface area contributed by atoms with Crippen LogP contribution in [0, 0.1) is 0 Å². The number of carbonyl (C=O) groups is 3. The SMILES string of the molecule is O=C(Nc1ccccc1)c1ccccc1N(C(=O)Cc1ccccc1)C(=O)Cc1ccccc1. The van der Waals surface area contributed by atoms with Crippen molar-refractivity contribution >= 4 is 29.1 Å². The minimum atomic E-state index is -0.396. The summed E-state index contributed by atoms with van der Waals surface area (Å²) >= 11 is 0. The zero-order chi connectivity index (χ0) is 23.8. The van der Waals surface area contributed by atoms with Crippen LogP contribution in [0.25, 0.3) is 0 Å². The molecule has 0 fully saturated rings. The summed E-state index contributed by atoms with van der Waals surface area (Å²) in [5.74, 6) is -1.19. The fourth-order valence-corrected chi connectivity index (χ4v) is 3.69. The fraction of sp³-hybridized carbons (Fsp3) is 0.0690. The molecule has 4 aromatic rings. The molecule has 0 aliphatic carbocycles. The van der Waals surface area contributed by atoms with Gasteiger partial charge in [-0.1, -0.05) is 91.0 Å². The number of nitrogens with zero attached hydrogens (tertiary/aromatic N) is 1. The molecule has 0 atom stereocenters. The molecule has 0 radical (unpaired) electrons. The summed E-state index contributed by atoms with van der Waals surface area (Å²) in [7, 11) is 0. The van der Waals surface area contributed by atoms with Crippen LogP contribution in [0.2, 0.25) is 0 Å². The fourth-order valence-electron chi connectivity index (χ4n) is 3.69. The maximum absolute atomic E-state index is 13.5. The van der Waals surface area contributed by atoms with E-state index in [4.69, 9.17) is 0 Å². The van der Waals surface area contributed by atoms with Crippen LogP contribution >= 0.6 is 0 Å². The van der Waals surface area contributed by atoms with Crippen molar-refractivity contribution in [1.29, 1.82) is 0 Å². The molecule has 0 saturated carbocycles. The summed E-state index contributed by atoms with van der Waals surface area (Å²) in [4.78, 5) is 41.2. The van der Waals surface area contributed by atoms with Crippen LogP contribution < -0.4 is 10.2 Å². The summed E-state index contributed by atoms with van der Waals surface area (Å²) in [6, 6.07) is 34.2. The average molecular weight is 449 g/mol. The lowest BCUT2D eigenvalue weighted by Gasteiger charge is -2.24. The van der Waals surface area contributed by atoms with Crippen molar-refractivity contribution in [3.05, 3.63) is 132 Å². The van der Waals surface area contributed by atoms with E-state index in [0.29, 0.717) is 5.69 Å². The highest BCUT2D eigenvalue weighted by Gasteiger charge is 2.27. The smallest absolute Gasteiger partial charge is 0.257 e. The molecule has 4 aromatic carbocycles. The topological polar surface area (TPSA) is 66.5 Å². The number of hydrogen-bond donors (Lipinski definition) is 1. The third-order valence-electron chi connectivity index (χ3n) is 5.32. The van der Waals surface area contributed by atoms with Crippen molar-refractivity contribution in [1.82, 2.24) is 0 Å². The van der Waals surface area contributed by atoms with Crippen molar-refractivity contribution in [3.8, 4) is 0 Å². The summed E-state index contributed by atoms with van der Waals surface area (Å²) in [6.07, 6.45) is 0.0754. The van der Waals surface area contributed by atoms with Crippen LogP contribution in [-0.2, 0) is 22.4 Å². The number of hydrogen-bond acceptors (Lipinski definition) is 3. The van der Waals surface area contributed by atoms with E-state index in [1.807, 2.05) is 78.9 Å². The lowest BCUT2D eigenvalue weighted by molar-refractivity contribution is -0.125. The molecule has 0 saturated heterocycles. The van der Waals surface area contributed by atoms with Gasteiger partial charge < -0.3 is 5.32 Å². The molecule has 0 unspecified atom stereocenters. The first-order valence-corrected chi connectivity index (χ1v) is 11.0. The van der Waals surface area contributed by atoms with E-state index in [1.54, 1.807) is 36.4 Å². The molecular formula is C29H24N2O3. The third kappa shape index (κ3) is 5.64. The minimum absolute atomic E-state index is 0.0377. The summed E-state index contributed by atoms with van der Waals surface area (Å²) in [5, 5.41) is 2.84. The van der Waals surface area contributed by atoms with Crippen molar-refractivity contribution in [3.63, 3.8) is 0 Å². The number of anilines is 2. The Labute approximate surface area is 198 Å². The maximum atomic E-state index is 13.5. The van der Waals surface area contributed by atoms with Crippen LogP contribution in [0.15, 0.2) is 115 Å². The summed E-state index contributed by atoms with van der Waals surface area (Å²) in [6.45, 7) is 0. The van der Waals surface area contributed by atoms with E-state index < -0.39 is 17.7 Å². The highest BCUT2D eigenvalue weighted by Crippen LogP contribution is 2.24. The third-order valence-corrected chi connectivity index (χ3v) is 5.32. The standard InChI is InChI=1S/C29H24N2O3/c32-27(20-22-12-4-1-5-13-22)31(28(33)21-23-14-6-2-7-15-23)26-19-11-10-18-25(26)29(34)30-24-16-8-3-9-17-24/h1-19H,20-21H2,(H,30,34). The van der Waals surface area contributed by atoms with Gasteiger partial charge in [0.2, 0.25) is 11.8 Å². The Kier molecular flexibility index (Phi) is 7.25. The van der Waals surface area contributed by atoms with Crippen molar-refractivity contribution < 1.29 is 14.4 Å². The van der Waals surface area contributed by atoms with Gasteiger partial charge in [0.15, 0.2) is 0 Å². The van der Waals surface area contributed by atoms with E-state index in [2.05, 4.69) is 5.32 Å². The van der Waals surface area contributed by atoms with Crippen LogP contribution in [0.3, 0.4) is 0 Å². The molecule has 0 aliphatic rings. The Morgan fingerprint density at radius 3 is 1.53 bits per heavy atom. The van der Waals surface area contributed by atoms with Gasteiger partial charge in [-0.15, -0.1) is 0 Å². The Bertz CT molecular complexity index is 1220. The van der Waals surface area contributed by atoms with Crippen LogP contribution in [-0.4, -0.2) is 17.7 Å². The monoisotopic (exact) mass is 448 g/mol. The number of para-hydroxylation sites is 2. The van der Waals surface area contributed by atoms with Gasteiger partial charge in [-0.3, -0.25) is 14.4 Å². The van der Waals surface area contributed by atoms with E-state index in [9.17, 15) is 14.4 Å². The molecule has 1 N–H and O–H groups in total. The quantitative estimate of drug-likeness (QED) is 0.418. The Morgan fingerprint density at radius 2 is 1.00 bits per heavy atom. The zero-order valence-corrected chi connectivity index (χ0v) is 18.6. The van der Waals surface area contributed by atoms with Gasteiger partial charge in [0, 0.05) is 5.69 Å². The number of rotatable bonds is 7. The molecule has 168 valence electrons. The van der Waals surface area contributed by atoms with Crippen molar-refractivity contribution in [2.24, 2.45) is 0 Å². The summed E-state index contributed by atoms with van der Waals surface area (Å²) < 4.78 is 0. The number of amides is 3. The van der Waals surface area contributed by atoms with Gasteiger partial charge in [0.1, 0.15) is 0 Å². The first kappa shape index (κ1) is 22.7. The largest absolute Gasteiger partial charge is 0.322 e. The molecular weight excluding hydrogens is 424 g/mol. The van der Waals surface area contributed by atoms with Gasteiger partial charge in [0.25, 0.3) is 5.91 Å². The van der Waals surface area contributed by atoms with Gasteiger partial charge in [0.05, 0.1) is 24.1 Å². The first-order valence-electron chi connectivity index (χ1n) is 11.0. The Hall–Kier alpha value is -4.51. The number of benzene rings is 4. The van der Waals surface area contributed by atoms with Crippen molar-refractivity contribution in [2.45, 2.75) is 12.8 Å². The molecule has 0 aliphatic heterocycles. The average Bonchev–Trinajstić information content (AvgIpc) is 2.86. The predicted molar refractivity (Wildman–Crippen MR) is 134 cm³/mol. The molecule has 34 heavy (non-hydrogen) atoms. The Morgan fingerprint density at radius 1 is 0.559 bits per heavy atom. The number of carbonyl (C=O) groups excluding carboxylic acids is 3. The second-order valence-corrected chi connectivity index (χ2v) is 7.78.